The average molecular weight is 459 g/mol. The Bertz CT molecular complexity index is 925. The molecule has 0 radical (unpaired) electrons. The van der Waals surface area contributed by atoms with E-state index in [1.165, 1.54) is 6.42 Å². The third-order valence-corrected chi connectivity index (χ3v) is 8.73. The molecule has 4 saturated carbocycles. The molecule has 2 N–H and O–H groups in total. The second-order valence-corrected chi connectivity index (χ2v) is 11.7. The molecule has 0 heterocycles. The van der Waals surface area contributed by atoms with Gasteiger partial charge in [0.1, 0.15) is 0 Å². The third kappa shape index (κ3) is 4.92. The Balaban J connectivity index is 1.24. The van der Waals surface area contributed by atoms with E-state index in [9.17, 15) is 9.59 Å². The van der Waals surface area contributed by atoms with Crippen LogP contribution >= 0.6 is 0 Å². The molecule has 2 unspecified atom stereocenters. The van der Waals surface area contributed by atoms with Crippen LogP contribution in [-0.4, -0.2) is 11.8 Å². The molecule has 2 amide bonds. The van der Waals surface area contributed by atoms with E-state index < -0.39 is 0 Å². The molecule has 0 aliphatic heterocycles. The highest BCUT2D eigenvalue weighted by molar-refractivity contribution is 5.78. The average Bonchev–Trinajstić information content (AvgIpc) is 2.78. The zero-order valence-corrected chi connectivity index (χ0v) is 20.6. The lowest BCUT2D eigenvalue weighted by Crippen LogP contribution is -2.54. The van der Waals surface area contributed by atoms with Crippen molar-refractivity contribution in [1.29, 1.82) is 0 Å². The van der Waals surface area contributed by atoms with E-state index in [-0.39, 0.29) is 34.7 Å². The van der Waals surface area contributed by atoms with E-state index in [0.29, 0.717) is 24.7 Å². The SMILES string of the molecule is CC(NC(=O)CC12CC3CC(C1)CC(CC(=O)NC(C)c1ccccc1)(C3)C2)c1ccccc1. The monoisotopic (exact) mass is 458 g/mol. The minimum atomic E-state index is 0.0156. The van der Waals surface area contributed by atoms with Gasteiger partial charge in [-0.25, -0.2) is 0 Å². The van der Waals surface area contributed by atoms with Gasteiger partial charge in [-0.05, 0) is 86.2 Å². The van der Waals surface area contributed by atoms with Crippen molar-refractivity contribution in [2.24, 2.45) is 22.7 Å². The molecule has 34 heavy (non-hydrogen) atoms. The van der Waals surface area contributed by atoms with Crippen LogP contribution in [0, 0.1) is 22.7 Å². The fourth-order valence-electron chi connectivity index (χ4n) is 7.98. The van der Waals surface area contributed by atoms with Gasteiger partial charge in [-0.2, -0.15) is 0 Å². The van der Waals surface area contributed by atoms with Crippen LogP contribution in [0.3, 0.4) is 0 Å². The Morgan fingerprint density at radius 1 is 0.735 bits per heavy atom. The molecule has 2 aromatic carbocycles. The first-order valence-electron chi connectivity index (χ1n) is 13.0. The van der Waals surface area contributed by atoms with Crippen molar-refractivity contribution >= 4 is 11.8 Å². The number of carbonyl (C=O) groups excluding carboxylic acids is 2. The molecular weight excluding hydrogens is 420 g/mol. The third-order valence-electron chi connectivity index (χ3n) is 8.73. The van der Waals surface area contributed by atoms with Crippen LogP contribution in [0.5, 0.6) is 0 Å². The largest absolute Gasteiger partial charge is 0.350 e. The van der Waals surface area contributed by atoms with Crippen LogP contribution in [0.15, 0.2) is 60.7 Å². The Morgan fingerprint density at radius 2 is 1.12 bits per heavy atom. The number of benzene rings is 2. The molecule has 4 heteroatoms. The second-order valence-electron chi connectivity index (χ2n) is 11.7. The fraction of sp³-hybridized carbons (Fsp3) is 0.533. The summed E-state index contributed by atoms with van der Waals surface area (Å²) in [6.07, 6.45) is 8.12. The Hall–Kier alpha value is -2.62. The lowest BCUT2D eigenvalue weighted by Gasteiger charge is -2.62. The molecule has 0 spiro atoms. The highest BCUT2D eigenvalue weighted by Crippen LogP contribution is 2.67. The van der Waals surface area contributed by atoms with Gasteiger partial charge >= 0.3 is 0 Å². The van der Waals surface area contributed by atoms with Gasteiger partial charge in [0.2, 0.25) is 11.8 Å². The lowest BCUT2D eigenvalue weighted by molar-refractivity contribution is -0.146. The van der Waals surface area contributed by atoms with Crippen molar-refractivity contribution in [3.63, 3.8) is 0 Å². The zero-order valence-electron chi connectivity index (χ0n) is 20.6. The van der Waals surface area contributed by atoms with Gasteiger partial charge in [0, 0.05) is 12.8 Å². The van der Waals surface area contributed by atoms with Gasteiger partial charge in [-0.1, -0.05) is 60.7 Å². The molecule has 0 saturated heterocycles. The first kappa shape index (κ1) is 23.1. The number of nitrogens with one attached hydrogen (secondary N) is 2. The van der Waals surface area contributed by atoms with Crippen LogP contribution in [0.25, 0.3) is 0 Å². The smallest absolute Gasteiger partial charge is 0.221 e. The van der Waals surface area contributed by atoms with Crippen molar-refractivity contribution in [3.8, 4) is 0 Å². The van der Waals surface area contributed by atoms with Crippen LogP contribution in [0.1, 0.15) is 88.4 Å². The predicted molar refractivity (Wildman–Crippen MR) is 135 cm³/mol. The fourth-order valence-corrected chi connectivity index (χ4v) is 7.98. The van der Waals surface area contributed by atoms with Gasteiger partial charge in [-0.3, -0.25) is 9.59 Å². The summed E-state index contributed by atoms with van der Waals surface area (Å²) in [5.41, 5.74) is 2.41. The van der Waals surface area contributed by atoms with E-state index in [4.69, 9.17) is 0 Å². The van der Waals surface area contributed by atoms with Gasteiger partial charge in [0.25, 0.3) is 0 Å². The normalized spacial score (nSPS) is 31.0. The summed E-state index contributed by atoms with van der Waals surface area (Å²) >= 11 is 0. The molecule has 4 bridgehead atoms. The van der Waals surface area contributed by atoms with Crippen molar-refractivity contribution in [2.75, 3.05) is 0 Å². The highest BCUT2D eigenvalue weighted by atomic mass is 16.2. The molecule has 4 nitrogen and oxygen atoms in total. The van der Waals surface area contributed by atoms with E-state index in [1.54, 1.807) is 0 Å². The Morgan fingerprint density at radius 3 is 1.50 bits per heavy atom. The first-order valence-corrected chi connectivity index (χ1v) is 13.0. The standard InChI is InChI=1S/C30H38N2O2/c1-21(25-9-5-3-6-10-25)31-27(33)18-29-14-23-13-24(15-29)17-30(16-23,20-29)19-28(34)32-22(2)26-11-7-4-8-12-26/h3-12,21-24H,13-20H2,1-2H3,(H,31,33)(H,32,34). The summed E-state index contributed by atoms with van der Waals surface area (Å²) in [4.78, 5) is 26.3. The van der Waals surface area contributed by atoms with Crippen molar-refractivity contribution in [1.82, 2.24) is 10.6 Å². The van der Waals surface area contributed by atoms with Crippen LogP contribution in [0.4, 0.5) is 0 Å². The number of carbonyl (C=O) groups is 2. The zero-order chi connectivity index (χ0) is 23.8. The number of hydrogen-bond acceptors (Lipinski definition) is 2. The maximum Gasteiger partial charge on any atom is 0.221 e. The van der Waals surface area contributed by atoms with Crippen LogP contribution in [0.2, 0.25) is 0 Å². The summed E-state index contributed by atoms with van der Waals surface area (Å²) < 4.78 is 0. The molecule has 2 aromatic rings. The molecule has 4 aliphatic rings. The molecule has 4 aliphatic carbocycles. The van der Waals surface area contributed by atoms with Crippen molar-refractivity contribution < 1.29 is 9.59 Å². The van der Waals surface area contributed by atoms with Crippen LogP contribution in [-0.2, 0) is 9.59 Å². The molecule has 6 rings (SSSR count). The second kappa shape index (κ2) is 9.20. The predicted octanol–water partition coefficient (Wildman–Crippen LogP) is 6.11. The minimum Gasteiger partial charge on any atom is -0.350 e. The van der Waals surface area contributed by atoms with Gasteiger partial charge in [-0.15, -0.1) is 0 Å². The summed E-state index contributed by atoms with van der Waals surface area (Å²) in [6, 6.07) is 20.4. The summed E-state index contributed by atoms with van der Waals surface area (Å²) in [5.74, 6) is 1.66. The minimum absolute atomic E-state index is 0.0156. The topological polar surface area (TPSA) is 58.2 Å². The van der Waals surface area contributed by atoms with E-state index >= 15 is 0 Å². The van der Waals surface area contributed by atoms with E-state index in [1.807, 2.05) is 36.4 Å². The summed E-state index contributed by atoms with van der Waals surface area (Å²) in [5, 5.41) is 6.50. The van der Waals surface area contributed by atoms with Gasteiger partial charge < -0.3 is 10.6 Å². The Kier molecular flexibility index (Phi) is 6.26. The maximum absolute atomic E-state index is 13.1. The molecular formula is C30H38N2O2. The van der Waals surface area contributed by atoms with Crippen molar-refractivity contribution in [2.45, 2.75) is 77.3 Å². The summed E-state index contributed by atoms with van der Waals surface area (Å²) in [7, 11) is 0. The molecule has 180 valence electrons. The van der Waals surface area contributed by atoms with E-state index in [0.717, 1.165) is 43.2 Å². The lowest BCUT2D eigenvalue weighted by atomic mass is 9.43. The number of rotatable bonds is 8. The van der Waals surface area contributed by atoms with E-state index in [2.05, 4.69) is 48.7 Å². The number of amides is 2. The summed E-state index contributed by atoms with van der Waals surface area (Å²) in [6.45, 7) is 4.12. The quantitative estimate of drug-likeness (QED) is 0.501. The molecule has 0 aromatic heterocycles. The maximum atomic E-state index is 13.1. The number of hydrogen-bond donors (Lipinski definition) is 2. The van der Waals surface area contributed by atoms with Crippen LogP contribution < -0.4 is 10.6 Å². The van der Waals surface area contributed by atoms with Gasteiger partial charge in [0.05, 0.1) is 12.1 Å². The highest BCUT2D eigenvalue weighted by Gasteiger charge is 2.58. The molecule has 2 atom stereocenters. The Labute approximate surface area is 203 Å². The van der Waals surface area contributed by atoms with Crippen molar-refractivity contribution in [3.05, 3.63) is 71.8 Å². The van der Waals surface area contributed by atoms with Gasteiger partial charge in [0.15, 0.2) is 0 Å². The molecule has 4 fully saturated rings. The first-order chi connectivity index (χ1) is 16.3.